The zero-order valence-corrected chi connectivity index (χ0v) is 10.9. The average Bonchev–Trinajstić information content (AvgIpc) is 2.17. The molecular formula is C12H11BrClN. The van der Waals surface area contributed by atoms with Crippen molar-refractivity contribution in [3.63, 3.8) is 0 Å². The van der Waals surface area contributed by atoms with Gasteiger partial charge in [-0.3, -0.25) is 0 Å². The monoisotopic (exact) mass is 283 g/mol. The molecule has 1 aromatic carbocycles. The van der Waals surface area contributed by atoms with E-state index in [0.29, 0.717) is 11.1 Å². The molecule has 1 aromatic heterocycles. The Kier molecular flexibility index (Phi) is 2.98. The van der Waals surface area contributed by atoms with E-state index in [2.05, 4.69) is 40.8 Å². The molecule has 2 rings (SSSR count). The van der Waals surface area contributed by atoms with Crippen LogP contribution in [0.5, 0.6) is 0 Å². The van der Waals surface area contributed by atoms with E-state index >= 15 is 0 Å². The first-order chi connectivity index (χ1) is 7.09. The number of hydrogen-bond acceptors (Lipinski definition) is 1. The van der Waals surface area contributed by atoms with Crippen LogP contribution in [0.3, 0.4) is 0 Å². The first kappa shape index (κ1) is 10.9. The Bertz CT molecular complexity index is 508. The van der Waals surface area contributed by atoms with Crippen molar-refractivity contribution < 1.29 is 0 Å². The first-order valence-electron chi connectivity index (χ1n) is 4.83. The van der Waals surface area contributed by atoms with Crippen molar-refractivity contribution in [2.24, 2.45) is 0 Å². The van der Waals surface area contributed by atoms with Crippen LogP contribution in [0.1, 0.15) is 25.3 Å². The Hall–Kier alpha value is -0.600. The predicted molar refractivity (Wildman–Crippen MR) is 68.5 cm³/mol. The smallest absolute Gasteiger partial charge is 0.136 e. The second-order valence-electron chi connectivity index (χ2n) is 3.85. The average molecular weight is 285 g/mol. The number of aromatic nitrogens is 1. The molecule has 0 N–H and O–H groups in total. The molecule has 0 spiro atoms. The van der Waals surface area contributed by atoms with Crippen LogP contribution in [0.15, 0.2) is 28.9 Å². The Morgan fingerprint density at radius 3 is 2.67 bits per heavy atom. The maximum atomic E-state index is 6.06. The zero-order valence-electron chi connectivity index (χ0n) is 8.59. The molecule has 0 aliphatic rings. The van der Waals surface area contributed by atoms with Gasteiger partial charge in [0.2, 0.25) is 0 Å². The Morgan fingerprint density at radius 1 is 1.27 bits per heavy atom. The molecule has 0 saturated heterocycles. The fourth-order valence-electron chi connectivity index (χ4n) is 1.66. The van der Waals surface area contributed by atoms with Gasteiger partial charge >= 0.3 is 0 Å². The molecule has 0 unspecified atom stereocenters. The quantitative estimate of drug-likeness (QED) is 0.687. The van der Waals surface area contributed by atoms with Crippen molar-refractivity contribution in [2.45, 2.75) is 19.8 Å². The van der Waals surface area contributed by atoms with Gasteiger partial charge in [-0.2, -0.15) is 0 Å². The lowest BCUT2D eigenvalue weighted by atomic mass is 9.99. The molecule has 1 nitrogen and oxygen atoms in total. The summed E-state index contributed by atoms with van der Waals surface area (Å²) in [6, 6.07) is 6.08. The van der Waals surface area contributed by atoms with Crippen LogP contribution < -0.4 is 0 Å². The lowest BCUT2D eigenvalue weighted by molar-refractivity contribution is 0.869. The minimum absolute atomic E-state index is 0.451. The number of benzene rings is 1. The third-order valence-corrected chi connectivity index (χ3v) is 3.25. The third kappa shape index (κ3) is 2.01. The number of rotatable bonds is 1. The Balaban J connectivity index is 2.84. The van der Waals surface area contributed by atoms with Gasteiger partial charge in [0.1, 0.15) is 5.15 Å². The van der Waals surface area contributed by atoms with E-state index in [0.717, 1.165) is 9.86 Å². The van der Waals surface area contributed by atoms with Gasteiger partial charge in [-0.15, -0.1) is 0 Å². The van der Waals surface area contributed by atoms with Gasteiger partial charge in [0, 0.05) is 16.1 Å². The number of hydrogen-bond donors (Lipinski definition) is 0. The molecule has 0 atom stereocenters. The van der Waals surface area contributed by atoms with E-state index < -0.39 is 0 Å². The molecule has 78 valence electrons. The molecule has 0 amide bonds. The number of pyridine rings is 1. The summed E-state index contributed by atoms with van der Waals surface area (Å²) in [6.07, 6.45) is 1.86. The molecule has 3 heteroatoms. The lowest BCUT2D eigenvalue weighted by Crippen LogP contribution is -1.92. The normalized spacial score (nSPS) is 11.3. The second-order valence-corrected chi connectivity index (χ2v) is 5.12. The van der Waals surface area contributed by atoms with E-state index in [4.69, 9.17) is 11.6 Å². The second kappa shape index (κ2) is 4.11. The molecule has 0 aliphatic carbocycles. The van der Waals surface area contributed by atoms with Crippen molar-refractivity contribution in [3.05, 3.63) is 39.6 Å². The molecule has 0 bridgehead atoms. The first-order valence-corrected chi connectivity index (χ1v) is 6.00. The summed E-state index contributed by atoms with van der Waals surface area (Å²) in [5, 5.41) is 2.77. The summed E-state index contributed by atoms with van der Waals surface area (Å²) in [7, 11) is 0. The van der Waals surface area contributed by atoms with E-state index in [1.165, 1.54) is 10.9 Å². The van der Waals surface area contributed by atoms with E-state index in [1.807, 2.05) is 18.3 Å². The van der Waals surface area contributed by atoms with Crippen LogP contribution >= 0.6 is 27.5 Å². The summed E-state index contributed by atoms with van der Waals surface area (Å²) in [5.41, 5.74) is 1.23. The largest absolute Gasteiger partial charge is 0.244 e. The van der Waals surface area contributed by atoms with Crippen molar-refractivity contribution in [2.75, 3.05) is 0 Å². The van der Waals surface area contributed by atoms with Crippen LogP contribution in [0, 0.1) is 0 Å². The van der Waals surface area contributed by atoms with Crippen LogP contribution in [0.25, 0.3) is 10.8 Å². The Morgan fingerprint density at radius 2 is 2.00 bits per heavy atom. The molecule has 0 aliphatic heterocycles. The topological polar surface area (TPSA) is 12.9 Å². The third-order valence-electron chi connectivity index (χ3n) is 2.45. The van der Waals surface area contributed by atoms with Crippen LogP contribution in [-0.2, 0) is 0 Å². The highest BCUT2D eigenvalue weighted by molar-refractivity contribution is 9.10. The Labute approximate surface area is 103 Å². The van der Waals surface area contributed by atoms with Crippen LogP contribution in [0.4, 0.5) is 0 Å². The van der Waals surface area contributed by atoms with Gasteiger partial charge in [0.05, 0.1) is 0 Å². The fourth-order valence-corrected chi connectivity index (χ4v) is 2.24. The summed E-state index contributed by atoms with van der Waals surface area (Å²) in [5.74, 6) is 0.451. The highest BCUT2D eigenvalue weighted by Crippen LogP contribution is 2.30. The number of halogens is 2. The minimum atomic E-state index is 0.451. The van der Waals surface area contributed by atoms with Crippen molar-refractivity contribution >= 4 is 38.3 Å². The van der Waals surface area contributed by atoms with Gasteiger partial charge in [-0.05, 0) is 29.0 Å². The van der Waals surface area contributed by atoms with Gasteiger partial charge in [0.15, 0.2) is 0 Å². The van der Waals surface area contributed by atoms with Crippen LogP contribution in [0.2, 0.25) is 5.15 Å². The molecule has 15 heavy (non-hydrogen) atoms. The maximum Gasteiger partial charge on any atom is 0.136 e. The number of nitrogens with zero attached hydrogens (tertiary/aromatic N) is 1. The van der Waals surface area contributed by atoms with Gasteiger partial charge < -0.3 is 0 Å². The number of fused-ring (bicyclic) bond motifs is 1. The highest BCUT2D eigenvalue weighted by Gasteiger charge is 2.09. The lowest BCUT2D eigenvalue weighted by Gasteiger charge is -2.10. The molecule has 0 saturated carbocycles. The molecule has 2 aromatic rings. The summed E-state index contributed by atoms with van der Waals surface area (Å²) >= 11 is 9.54. The highest BCUT2D eigenvalue weighted by atomic mass is 79.9. The summed E-state index contributed by atoms with van der Waals surface area (Å²) in [4.78, 5) is 4.21. The van der Waals surface area contributed by atoms with Crippen LogP contribution in [-0.4, -0.2) is 4.98 Å². The van der Waals surface area contributed by atoms with Gasteiger partial charge in [-0.25, -0.2) is 4.98 Å². The molecule has 0 radical (unpaired) electrons. The summed E-state index contributed by atoms with van der Waals surface area (Å²) in [6.45, 7) is 4.32. The van der Waals surface area contributed by atoms with Crippen molar-refractivity contribution in [1.29, 1.82) is 0 Å². The molecular weight excluding hydrogens is 273 g/mol. The van der Waals surface area contributed by atoms with Crippen molar-refractivity contribution in [3.8, 4) is 0 Å². The SMILES string of the molecule is CC(C)c1cnc(Cl)c2ccc(Br)cc12. The van der Waals surface area contributed by atoms with Gasteiger partial charge in [0.25, 0.3) is 0 Å². The van der Waals surface area contributed by atoms with Crippen molar-refractivity contribution in [1.82, 2.24) is 4.98 Å². The van der Waals surface area contributed by atoms with E-state index in [9.17, 15) is 0 Å². The standard InChI is InChI=1S/C12H11BrClN/c1-7(2)11-6-15-12(14)9-4-3-8(13)5-10(9)11/h3-7H,1-2H3. The minimum Gasteiger partial charge on any atom is -0.244 e. The molecule has 1 heterocycles. The zero-order chi connectivity index (χ0) is 11.0. The van der Waals surface area contributed by atoms with E-state index in [1.54, 1.807) is 0 Å². The van der Waals surface area contributed by atoms with Gasteiger partial charge in [-0.1, -0.05) is 47.4 Å². The van der Waals surface area contributed by atoms with E-state index in [-0.39, 0.29) is 0 Å². The maximum absolute atomic E-state index is 6.06. The summed E-state index contributed by atoms with van der Waals surface area (Å²) < 4.78 is 1.07. The fraction of sp³-hybridized carbons (Fsp3) is 0.250. The molecule has 0 fully saturated rings. The predicted octanol–water partition coefficient (Wildman–Crippen LogP) is 4.77.